The number of oxime groups is 1. The second-order valence-corrected chi connectivity index (χ2v) is 3.57. The van der Waals surface area contributed by atoms with E-state index in [4.69, 9.17) is 17.4 Å². The molecule has 84 valence electrons. The molecule has 1 aromatic rings. The third-order valence-corrected chi connectivity index (χ3v) is 2.09. The number of rotatable bonds is 4. The summed E-state index contributed by atoms with van der Waals surface area (Å²) >= 11 is 0. The number of amidine groups is 1. The predicted molar refractivity (Wildman–Crippen MR) is 65.5 cm³/mol. The van der Waals surface area contributed by atoms with Crippen molar-refractivity contribution < 1.29 is 5.21 Å². The average Bonchev–Trinajstić information content (AvgIpc) is 2.28. The zero-order valence-corrected chi connectivity index (χ0v) is 9.14. The van der Waals surface area contributed by atoms with Crippen molar-refractivity contribution in [2.75, 3.05) is 5.32 Å². The quantitative estimate of drug-likeness (QED) is 0.236. The number of benzene rings is 1. The van der Waals surface area contributed by atoms with Gasteiger partial charge in [0.25, 0.3) is 0 Å². The maximum atomic E-state index is 8.44. The van der Waals surface area contributed by atoms with Crippen molar-refractivity contribution in [3.63, 3.8) is 0 Å². The van der Waals surface area contributed by atoms with Gasteiger partial charge in [-0.2, -0.15) is 0 Å². The van der Waals surface area contributed by atoms with Crippen molar-refractivity contribution in [1.29, 1.82) is 0 Å². The monoisotopic (exact) mass is 217 g/mol. The predicted octanol–water partition coefficient (Wildman–Crippen LogP) is 1.60. The second kappa shape index (κ2) is 5.66. The molecule has 0 aromatic heterocycles. The number of nitrogens with one attached hydrogen (secondary N) is 1. The van der Waals surface area contributed by atoms with Gasteiger partial charge in [-0.3, -0.25) is 0 Å². The van der Waals surface area contributed by atoms with Crippen LogP contribution in [-0.2, 0) is 0 Å². The molecule has 0 amide bonds. The summed E-state index contributed by atoms with van der Waals surface area (Å²) in [4.78, 5) is 0. The van der Waals surface area contributed by atoms with Crippen LogP contribution in [-0.4, -0.2) is 17.1 Å². The summed E-state index contributed by atoms with van der Waals surface area (Å²) in [6, 6.07) is 7.61. The normalized spacial score (nSPS) is 12.9. The van der Waals surface area contributed by atoms with E-state index in [9.17, 15) is 0 Å². The molecule has 1 aromatic carbocycles. The fourth-order valence-electron chi connectivity index (χ4n) is 1.39. The molecule has 0 aliphatic rings. The smallest absolute Gasteiger partial charge is 0.141 e. The highest BCUT2D eigenvalue weighted by molar-refractivity contribution is 5.80. The lowest BCUT2D eigenvalue weighted by Gasteiger charge is -2.14. The molecular weight excluding hydrogens is 202 g/mol. The van der Waals surface area contributed by atoms with Gasteiger partial charge in [-0.15, -0.1) is 6.42 Å². The van der Waals surface area contributed by atoms with Gasteiger partial charge in [0.2, 0.25) is 0 Å². The van der Waals surface area contributed by atoms with Gasteiger partial charge in [0.05, 0.1) is 0 Å². The lowest BCUT2D eigenvalue weighted by molar-refractivity contribution is 0.316. The number of hydrogen-bond acceptors (Lipinski definition) is 3. The fraction of sp³-hybridized carbons (Fsp3) is 0.250. The standard InChI is InChI=1S/C12H15N3O/c1-3-10-5-4-6-11(8-10)14-9(2)7-12(13)15-16/h1,4-6,8-9,14,16H,7H2,2H3,(H2,13,15). The lowest BCUT2D eigenvalue weighted by Crippen LogP contribution is -2.24. The Bertz CT molecular complexity index is 421. The van der Waals surface area contributed by atoms with Gasteiger partial charge in [-0.1, -0.05) is 17.1 Å². The van der Waals surface area contributed by atoms with E-state index in [0.717, 1.165) is 11.3 Å². The van der Waals surface area contributed by atoms with Crippen molar-refractivity contribution in [1.82, 2.24) is 0 Å². The molecule has 0 saturated heterocycles. The van der Waals surface area contributed by atoms with E-state index in [-0.39, 0.29) is 11.9 Å². The van der Waals surface area contributed by atoms with E-state index in [2.05, 4.69) is 16.4 Å². The minimum absolute atomic E-state index is 0.0731. The van der Waals surface area contributed by atoms with Crippen LogP contribution < -0.4 is 11.1 Å². The first kappa shape index (κ1) is 11.9. The number of hydrogen-bond donors (Lipinski definition) is 3. The largest absolute Gasteiger partial charge is 0.409 e. The molecule has 4 N–H and O–H groups in total. The van der Waals surface area contributed by atoms with Gasteiger partial charge in [0, 0.05) is 23.7 Å². The molecule has 0 aliphatic carbocycles. The van der Waals surface area contributed by atoms with E-state index in [1.807, 2.05) is 31.2 Å². The summed E-state index contributed by atoms with van der Waals surface area (Å²) in [5, 5.41) is 14.6. The van der Waals surface area contributed by atoms with Crippen LogP contribution in [0.5, 0.6) is 0 Å². The molecule has 4 heteroatoms. The van der Waals surface area contributed by atoms with E-state index in [1.54, 1.807) is 0 Å². The van der Waals surface area contributed by atoms with Crippen molar-refractivity contribution in [2.45, 2.75) is 19.4 Å². The zero-order valence-electron chi connectivity index (χ0n) is 9.14. The molecule has 0 saturated carbocycles. The number of nitrogens with zero attached hydrogens (tertiary/aromatic N) is 1. The molecule has 1 unspecified atom stereocenters. The Morgan fingerprint density at radius 1 is 1.69 bits per heavy atom. The molecule has 0 radical (unpaired) electrons. The highest BCUT2D eigenvalue weighted by Gasteiger charge is 2.04. The summed E-state index contributed by atoms with van der Waals surface area (Å²) in [5.41, 5.74) is 7.16. The average molecular weight is 217 g/mol. The Morgan fingerprint density at radius 2 is 2.44 bits per heavy atom. The maximum Gasteiger partial charge on any atom is 0.141 e. The second-order valence-electron chi connectivity index (χ2n) is 3.57. The third-order valence-electron chi connectivity index (χ3n) is 2.09. The Morgan fingerprint density at radius 3 is 3.06 bits per heavy atom. The van der Waals surface area contributed by atoms with Crippen LogP contribution in [0.4, 0.5) is 5.69 Å². The Kier molecular flexibility index (Phi) is 4.22. The first-order valence-corrected chi connectivity index (χ1v) is 4.95. The summed E-state index contributed by atoms with van der Waals surface area (Å²) in [6.07, 6.45) is 5.77. The molecular formula is C12H15N3O. The Labute approximate surface area is 95.2 Å². The van der Waals surface area contributed by atoms with Crippen molar-refractivity contribution in [2.24, 2.45) is 10.9 Å². The number of terminal acetylenes is 1. The molecule has 1 rings (SSSR count). The van der Waals surface area contributed by atoms with Crippen molar-refractivity contribution >= 4 is 11.5 Å². The van der Waals surface area contributed by atoms with Crippen LogP contribution in [0.15, 0.2) is 29.4 Å². The van der Waals surface area contributed by atoms with Gasteiger partial charge in [-0.25, -0.2) is 0 Å². The molecule has 0 aliphatic heterocycles. The van der Waals surface area contributed by atoms with Gasteiger partial charge in [-0.05, 0) is 25.1 Å². The fourth-order valence-corrected chi connectivity index (χ4v) is 1.39. The molecule has 0 fully saturated rings. The summed E-state index contributed by atoms with van der Waals surface area (Å²) in [5.74, 6) is 2.77. The van der Waals surface area contributed by atoms with Gasteiger partial charge in [0.1, 0.15) is 5.84 Å². The SMILES string of the molecule is C#Cc1cccc(NC(C)CC(N)=NO)c1. The number of nitrogens with two attached hydrogens (primary N) is 1. The first-order valence-electron chi connectivity index (χ1n) is 4.95. The molecule has 16 heavy (non-hydrogen) atoms. The summed E-state index contributed by atoms with van der Waals surface area (Å²) in [7, 11) is 0. The van der Waals surface area contributed by atoms with Crippen LogP contribution >= 0.6 is 0 Å². The topological polar surface area (TPSA) is 70.6 Å². The molecule has 0 spiro atoms. The lowest BCUT2D eigenvalue weighted by atomic mass is 10.1. The van der Waals surface area contributed by atoms with Gasteiger partial charge in [0.15, 0.2) is 0 Å². The highest BCUT2D eigenvalue weighted by atomic mass is 16.4. The van der Waals surface area contributed by atoms with Gasteiger partial charge < -0.3 is 16.3 Å². The van der Waals surface area contributed by atoms with Crippen LogP contribution in [0.25, 0.3) is 0 Å². The number of anilines is 1. The maximum absolute atomic E-state index is 8.44. The zero-order chi connectivity index (χ0) is 12.0. The molecule has 0 heterocycles. The Hall–Kier alpha value is -2.15. The minimum atomic E-state index is 0.0731. The highest BCUT2D eigenvalue weighted by Crippen LogP contribution is 2.11. The molecule has 4 nitrogen and oxygen atoms in total. The molecule has 0 bridgehead atoms. The van der Waals surface area contributed by atoms with E-state index in [0.29, 0.717) is 6.42 Å². The van der Waals surface area contributed by atoms with E-state index in [1.165, 1.54) is 0 Å². The Balaban J connectivity index is 2.63. The van der Waals surface area contributed by atoms with Crippen molar-refractivity contribution in [3.8, 4) is 12.3 Å². The summed E-state index contributed by atoms with van der Waals surface area (Å²) < 4.78 is 0. The van der Waals surface area contributed by atoms with Gasteiger partial charge >= 0.3 is 0 Å². The summed E-state index contributed by atoms with van der Waals surface area (Å²) in [6.45, 7) is 1.95. The van der Waals surface area contributed by atoms with Crippen LogP contribution in [0.2, 0.25) is 0 Å². The van der Waals surface area contributed by atoms with Crippen LogP contribution in [0, 0.1) is 12.3 Å². The van der Waals surface area contributed by atoms with E-state index >= 15 is 0 Å². The van der Waals surface area contributed by atoms with Crippen LogP contribution in [0.3, 0.4) is 0 Å². The van der Waals surface area contributed by atoms with Crippen molar-refractivity contribution in [3.05, 3.63) is 29.8 Å². The van der Waals surface area contributed by atoms with E-state index < -0.39 is 0 Å². The minimum Gasteiger partial charge on any atom is -0.409 e. The molecule has 1 atom stereocenters. The first-order chi connectivity index (χ1) is 7.65. The third kappa shape index (κ3) is 3.54. The van der Waals surface area contributed by atoms with Crippen LogP contribution in [0.1, 0.15) is 18.9 Å².